The van der Waals surface area contributed by atoms with E-state index in [0.717, 1.165) is 33.7 Å². The van der Waals surface area contributed by atoms with Crippen molar-refractivity contribution in [3.05, 3.63) is 176 Å². The summed E-state index contributed by atoms with van der Waals surface area (Å²) >= 11 is 0. The largest absolute Gasteiger partial charge is 0.439 e. The van der Waals surface area contributed by atoms with Crippen LogP contribution in [0.15, 0.2) is 164 Å². The third-order valence-electron chi connectivity index (χ3n) is 9.45. The molecular weight excluding hydrogens is 659 g/mol. The SMILES string of the molecule is [Y].[c-]1ccccc1-n1[c-]c(-c2ccc3c(c2)c2c4c5ccccc5n(-c5ccccc5)c4ccc2n3-c2ccccc2)c2ccccc21. The predicted molar refractivity (Wildman–Crippen MR) is 195 cm³/mol. The molecule has 0 atom stereocenters. The van der Waals surface area contributed by atoms with Gasteiger partial charge < -0.3 is 13.7 Å². The molecule has 0 spiro atoms. The van der Waals surface area contributed by atoms with E-state index >= 15 is 0 Å². The van der Waals surface area contributed by atoms with Crippen molar-refractivity contribution in [2.24, 2.45) is 0 Å². The first kappa shape index (κ1) is 29.0. The Morgan fingerprint density at radius 2 is 0.958 bits per heavy atom. The zero-order valence-corrected chi connectivity index (χ0v) is 28.8. The zero-order chi connectivity index (χ0) is 30.9. The average Bonchev–Trinajstić information content (AvgIpc) is 3.80. The third-order valence-corrected chi connectivity index (χ3v) is 9.45. The summed E-state index contributed by atoms with van der Waals surface area (Å²) in [7, 11) is 0. The van der Waals surface area contributed by atoms with Crippen LogP contribution in [0.4, 0.5) is 0 Å². The van der Waals surface area contributed by atoms with Crippen LogP contribution in [0.1, 0.15) is 0 Å². The van der Waals surface area contributed by atoms with Gasteiger partial charge in [-0.15, -0.1) is 5.69 Å². The first-order valence-electron chi connectivity index (χ1n) is 16.0. The van der Waals surface area contributed by atoms with Gasteiger partial charge in [0.25, 0.3) is 0 Å². The van der Waals surface area contributed by atoms with Crippen molar-refractivity contribution in [3.8, 4) is 28.2 Å². The summed E-state index contributed by atoms with van der Waals surface area (Å²) in [5.41, 5.74) is 11.4. The standard InChI is InChI=1S/C44H27N3.Y/c1-4-14-31(15-5-1)45-29-37(34-20-10-12-22-38(34)45)30-24-25-40-36(28-30)44-42(47(40)33-18-8-3-9-19-33)27-26-41-43(44)35-21-11-13-23-39(35)46(41)32-16-6-2-7-17-32;/h1-14,16-28H;/q-2;. The average molecular weight is 687 g/mol. The molecule has 3 nitrogen and oxygen atoms in total. The summed E-state index contributed by atoms with van der Waals surface area (Å²) in [6, 6.07) is 61.8. The van der Waals surface area contributed by atoms with Crippen LogP contribution < -0.4 is 0 Å². The second kappa shape index (κ2) is 11.5. The van der Waals surface area contributed by atoms with Gasteiger partial charge in [-0.1, -0.05) is 108 Å². The summed E-state index contributed by atoms with van der Waals surface area (Å²) in [6.07, 6.45) is 3.74. The van der Waals surface area contributed by atoms with Gasteiger partial charge in [-0.05, 0) is 60.2 Å². The maximum absolute atomic E-state index is 3.74. The number of benzene rings is 7. The van der Waals surface area contributed by atoms with Crippen molar-refractivity contribution in [3.63, 3.8) is 0 Å². The van der Waals surface area contributed by atoms with Gasteiger partial charge >= 0.3 is 0 Å². The van der Waals surface area contributed by atoms with Gasteiger partial charge in [0.15, 0.2) is 0 Å². The van der Waals surface area contributed by atoms with Gasteiger partial charge in [-0.3, -0.25) is 0 Å². The molecule has 0 N–H and O–H groups in total. The molecule has 48 heavy (non-hydrogen) atoms. The van der Waals surface area contributed by atoms with Crippen molar-refractivity contribution >= 4 is 54.5 Å². The molecule has 0 saturated carbocycles. The Morgan fingerprint density at radius 3 is 1.62 bits per heavy atom. The van der Waals surface area contributed by atoms with Crippen LogP contribution in [-0.4, -0.2) is 13.7 Å². The topological polar surface area (TPSA) is 14.8 Å². The van der Waals surface area contributed by atoms with E-state index in [2.05, 4.69) is 178 Å². The molecule has 0 unspecified atom stereocenters. The molecule has 3 heterocycles. The van der Waals surface area contributed by atoms with Crippen LogP contribution in [0.5, 0.6) is 0 Å². The van der Waals surface area contributed by atoms with Crippen LogP contribution in [0.3, 0.4) is 0 Å². The van der Waals surface area contributed by atoms with E-state index in [1.807, 2.05) is 12.1 Å². The van der Waals surface area contributed by atoms with Crippen LogP contribution in [-0.2, 0) is 32.7 Å². The van der Waals surface area contributed by atoms with Gasteiger partial charge in [-0.25, -0.2) is 6.07 Å². The van der Waals surface area contributed by atoms with Gasteiger partial charge in [0.1, 0.15) is 0 Å². The minimum absolute atomic E-state index is 0. The minimum Gasteiger partial charge on any atom is -0.439 e. The van der Waals surface area contributed by atoms with Crippen molar-refractivity contribution in [1.29, 1.82) is 0 Å². The van der Waals surface area contributed by atoms with Gasteiger partial charge in [0.05, 0.1) is 22.1 Å². The van der Waals surface area contributed by atoms with Crippen LogP contribution in [0.2, 0.25) is 0 Å². The minimum atomic E-state index is 0. The Balaban J connectivity index is 0.00000314. The van der Waals surface area contributed by atoms with E-state index in [9.17, 15) is 0 Å². The van der Waals surface area contributed by atoms with Crippen molar-refractivity contribution in [2.75, 3.05) is 0 Å². The van der Waals surface area contributed by atoms with Gasteiger partial charge in [-0.2, -0.15) is 24.3 Å². The second-order valence-corrected chi connectivity index (χ2v) is 12.0. The molecule has 10 rings (SSSR count). The monoisotopic (exact) mass is 686 g/mol. The molecule has 0 bridgehead atoms. The first-order chi connectivity index (χ1) is 23.3. The molecular formula is C44H27N3Y-2. The fourth-order valence-corrected chi connectivity index (χ4v) is 7.48. The summed E-state index contributed by atoms with van der Waals surface area (Å²) in [6.45, 7) is 0. The van der Waals surface area contributed by atoms with Crippen molar-refractivity contribution in [1.82, 2.24) is 13.7 Å². The quantitative estimate of drug-likeness (QED) is 0.164. The van der Waals surface area contributed by atoms with Gasteiger partial charge in [0, 0.05) is 65.6 Å². The normalized spacial score (nSPS) is 11.6. The molecule has 0 aliphatic heterocycles. The van der Waals surface area contributed by atoms with Crippen LogP contribution >= 0.6 is 0 Å². The smallest absolute Gasteiger partial charge is 0.0548 e. The molecule has 7 aromatic carbocycles. The number of hydrogen-bond donors (Lipinski definition) is 0. The molecule has 0 saturated heterocycles. The van der Waals surface area contributed by atoms with Crippen molar-refractivity contribution < 1.29 is 32.7 Å². The number of nitrogens with zero attached hydrogens (tertiary/aromatic N) is 3. The predicted octanol–water partition coefficient (Wildman–Crippen LogP) is 11.1. The fraction of sp³-hybridized carbons (Fsp3) is 0. The zero-order valence-electron chi connectivity index (χ0n) is 26.0. The Hall–Kier alpha value is -5.22. The molecule has 0 aliphatic carbocycles. The Bertz CT molecular complexity index is 2770. The number of fused-ring (bicyclic) bond motifs is 8. The van der Waals surface area contributed by atoms with Crippen LogP contribution in [0, 0.1) is 12.3 Å². The van der Waals surface area contributed by atoms with Crippen molar-refractivity contribution in [2.45, 2.75) is 0 Å². The summed E-state index contributed by atoms with van der Waals surface area (Å²) in [4.78, 5) is 0. The first-order valence-corrected chi connectivity index (χ1v) is 16.0. The number of aromatic nitrogens is 3. The maximum atomic E-state index is 3.74. The van der Waals surface area contributed by atoms with Crippen LogP contribution in [0.25, 0.3) is 82.7 Å². The molecule has 0 amide bonds. The Labute approximate surface area is 303 Å². The second-order valence-electron chi connectivity index (χ2n) is 12.0. The van der Waals surface area contributed by atoms with E-state index in [1.54, 1.807) is 0 Å². The molecule has 4 heteroatoms. The van der Waals surface area contributed by atoms with E-state index in [-0.39, 0.29) is 32.7 Å². The number of rotatable bonds is 4. The number of para-hydroxylation sites is 5. The Morgan fingerprint density at radius 1 is 0.417 bits per heavy atom. The van der Waals surface area contributed by atoms with E-state index < -0.39 is 0 Å². The third kappa shape index (κ3) is 4.28. The van der Waals surface area contributed by atoms with Gasteiger partial charge in [0.2, 0.25) is 0 Å². The molecule has 223 valence electrons. The summed E-state index contributed by atoms with van der Waals surface area (Å²) in [5.74, 6) is 0. The summed E-state index contributed by atoms with van der Waals surface area (Å²) in [5, 5.41) is 6.16. The van der Waals surface area contributed by atoms with E-state index in [4.69, 9.17) is 0 Å². The fourth-order valence-electron chi connectivity index (χ4n) is 7.48. The molecule has 10 aromatic rings. The maximum Gasteiger partial charge on any atom is 0.0548 e. The van der Waals surface area contributed by atoms with E-state index in [0.29, 0.717) is 0 Å². The molecule has 1 radical (unpaired) electrons. The molecule has 3 aromatic heterocycles. The molecule has 0 aliphatic rings. The Kier molecular flexibility index (Phi) is 6.93. The van der Waals surface area contributed by atoms with E-state index in [1.165, 1.54) is 49.0 Å². The summed E-state index contributed by atoms with van der Waals surface area (Å²) < 4.78 is 6.94. The number of hydrogen-bond acceptors (Lipinski definition) is 0. The molecule has 0 fully saturated rings.